The van der Waals surface area contributed by atoms with Crippen LogP contribution in [-0.4, -0.2) is 35.9 Å². The lowest BCUT2D eigenvalue weighted by Crippen LogP contribution is -2.35. The first-order valence-electron chi connectivity index (χ1n) is 6.82. The lowest BCUT2D eigenvalue weighted by Gasteiger charge is -2.22. The summed E-state index contributed by atoms with van der Waals surface area (Å²) in [6, 6.07) is 7.82. The van der Waals surface area contributed by atoms with E-state index in [0.717, 1.165) is 16.2 Å². The van der Waals surface area contributed by atoms with E-state index in [9.17, 15) is 4.79 Å². The van der Waals surface area contributed by atoms with Crippen molar-refractivity contribution in [3.05, 3.63) is 46.5 Å². The fourth-order valence-electron chi connectivity index (χ4n) is 2.24. The van der Waals surface area contributed by atoms with Crippen molar-refractivity contribution < 1.29 is 4.79 Å². The number of nitrogens with zero attached hydrogens (tertiary/aromatic N) is 3. The van der Waals surface area contributed by atoms with Crippen LogP contribution in [0.25, 0.3) is 6.08 Å². The first-order valence-corrected chi connectivity index (χ1v) is 7.64. The predicted molar refractivity (Wildman–Crippen MR) is 92.1 cm³/mol. The lowest BCUT2D eigenvalue weighted by molar-refractivity contribution is -0.114. The number of carbonyl (C=O) groups is 1. The molecule has 1 N–H and O–H groups in total. The minimum absolute atomic E-state index is 0.177. The van der Waals surface area contributed by atoms with E-state index in [-0.39, 0.29) is 11.7 Å². The van der Waals surface area contributed by atoms with Crippen molar-refractivity contribution in [1.82, 2.24) is 4.90 Å². The summed E-state index contributed by atoms with van der Waals surface area (Å²) in [5, 5.41) is 8.81. The molecule has 3 rings (SSSR count). The Balaban J connectivity index is 1.94. The molecule has 0 saturated heterocycles. The van der Waals surface area contributed by atoms with E-state index < -0.39 is 0 Å². The Bertz CT molecular complexity index is 744. The number of aliphatic imine (C=N–C) groups is 1. The van der Waals surface area contributed by atoms with Crippen molar-refractivity contribution in [2.75, 3.05) is 19.0 Å². The Labute approximate surface area is 133 Å². The Hall–Kier alpha value is -2.34. The molecule has 2 aliphatic rings. The van der Waals surface area contributed by atoms with Gasteiger partial charge in [-0.3, -0.25) is 15.1 Å². The van der Waals surface area contributed by atoms with E-state index in [1.54, 1.807) is 11.0 Å². The highest BCUT2D eigenvalue weighted by atomic mass is 32.2. The molecular weight excluding hydrogens is 296 g/mol. The van der Waals surface area contributed by atoms with E-state index in [1.807, 2.05) is 56.4 Å². The van der Waals surface area contributed by atoms with Crippen LogP contribution in [0.4, 0.5) is 5.69 Å². The second kappa shape index (κ2) is 5.46. The molecule has 22 heavy (non-hydrogen) atoms. The van der Waals surface area contributed by atoms with Gasteiger partial charge in [0.25, 0.3) is 5.91 Å². The lowest BCUT2D eigenvalue weighted by atomic mass is 10.1. The molecule has 1 aromatic rings. The number of hydrogen-bond donors (Lipinski definition) is 1. The number of hydrogen-bond acceptors (Lipinski definition) is 4. The van der Waals surface area contributed by atoms with E-state index in [1.165, 1.54) is 11.8 Å². The molecule has 2 heterocycles. The molecule has 0 aromatic heterocycles. The molecule has 6 heteroatoms. The molecule has 5 nitrogen and oxygen atoms in total. The maximum atomic E-state index is 12.2. The van der Waals surface area contributed by atoms with Crippen LogP contribution < -0.4 is 4.90 Å². The summed E-state index contributed by atoms with van der Waals surface area (Å²) in [5.74, 6) is -0.181. The summed E-state index contributed by atoms with van der Waals surface area (Å²) in [6.45, 7) is 1.94. The van der Waals surface area contributed by atoms with Gasteiger partial charge in [-0.1, -0.05) is 23.9 Å². The molecule has 0 unspecified atom stereocenters. The van der Waals surface area contributed by atoms with Crippen molar-refractivity contribution in [2.24, 2.45) is 4.99 Å². The maximum Gasteiger partial charge on any atom is 0.283 e. The highest BCUT2D eigenvalue weighted by Crippen LogP contribution is 2.32. The average molecular weight is 312 g/mol. The van der Waals surface area contributed by atoms with Crippen molar-refractivity contribution in [3.8, 4) is 0 Å². The highest BCUT2D eigenvalue weighted by molar-refractivity contribution is 8.17. The summed E-state index contributed by atoms with van der Waals surface area (Å²) in [7, 11) is 3.95. The highest BCUT2D eigenvalue weighted by Gasteiger charge is 2.32. The summed E-state index contributed by atoms with van der Waals surface area (Å²) in [6.07, 6.45) is 3.55. The zero-order valence-corrected chi connectivity index (χ0v) is 13.4. The Morgan fingerprint density at radius 1 is 1.27 bits per heavy atom. The number of fused-ring (bicyclic) bond motifs is 1. The standard InChI is InChI=1S/C16H16N4OS/c1-10-9-20-14(17)13(15(21)18-16(20)22-10)8-11-4-6-12(7-5-11)19(2)3/h4-9,17H,1-3H3. The third-order valence-electron chi connectivity index (χ3n) is 3.41. The molecule has 1 amide bonds. The van der Waals surface area contributed by atoms with Crippen molar-refractivity contribution >= 4 is 40.4 Å². The van der Waals surface area contributed by atoms with Crippen molar-refractivity contribution in [1.29, 1.82) is 5.41 Å². The number of nitrogens with one attached hydrogen (secondary N) is 1. The van der Waals surface area contributed by atoms with E-state index in [4.69, 9.17) is 5.41 Å². The molecule has 1 aromatic carbocycles. The molecule has 0 radical (unpaired) electrons. The molecule has 2 aliphatic heterocycles. The Kier molecular flexibility index (Phi) is 3.62. The number of thioether (sulfide) groups is 1. The van der Waals surface area contributed by atoms with Crippen LogP contribution in [-0.2, 0) is 4.79 Å². The zero-order chi connectivity index (χ0) is 15.9. The van der Waals surface area contributed by atoms with Crippen LogP contribution in [0.2, 0.25) is 0 Å². The van der Waals surface area contributed by atoms with E-state index in [2.05, 4.69) is 4.99 Å². The number of benzene rings is 1. The number of carbonyl (C=O) groups excluding carboxylic acids is 1. The van der Waals surface area contributed by atoms with Gasteiger partial charge in [-0.05, 0) is 30.7 Å². The largest absolute Gasteiger partial charge is 0.378 e. The van der Waals surface area contributed by atoms with Gasteiger partial charge in [0.2, 0.25) is 0 Å². The van der Waals surface area contributed by atoms with E-state index >= 15 is 0 Å². The average Bonchev–Trinajstić information content (AvgIpc) is 2.84. The number of anilines is 1. The van der Waals surface area contributed by atoms with Gasteiger partial charge in [0.05, 0.1) is 5.57 Å². The fourth-order valence-corrected chi connectivity index (χ4v) is 3.05. The number of rotatable bonds is 2. The first-order chi connectivity index (χ1) is 10.5. The molecule has 0 atom stereocenters. The second-order valence-electron chi connectivity index (χ2n) is 5.30. The minimum atomic E-state index is -0.358. The second-order valence-corrected chi connectivity index (χ2v) is 6.52. The number of allylic oxidation sites excluding steroid dienone is 1. The van der Waals surface area contributed by atoms with E-state index in [0.29, 0.717) is 10.7 Å². The quantitative estimate of drug-likeness (QED) is 0.853. The Morgan fingerprint density at radius 3 is 2.59 bits per heavy atom. The molecule has 0 fully saturated rings. The monoisotopic (exact) mass is 312 g/mol. The van der Waals surface area contributed by atoms with Crippen LogP contribution in [0, 0.1) is 5.41 Å². The van der Waals surface area contributed by atoms with Gasteiger partial charge < -0.3 is 4.90 Å². The molecule has 0 aliphatic carbocycles. The predicted octanol–water partition coefficient (Wildman–Crippen LogP) is 2.92. The molecule has 0 saturated carbocycles. The first kappa shape index (κ1) is 14.6. The summed E-state index contributed by atoms with van der Waals surface area (Å²) in [5.41, 5.74) is 2.28. The van der Waals surface area contributed by atoms with Crippen LogP contribution in [0.1, 0.15) is 12.5 Å². The minimum Gasteiger partial charge on any atom is -0.378 e. The van der Waals surface area contributed by atoms with Gasteiger partial charge in [-0.25, -0.2) is 0 Å². The molecular formula is C16H16N4OS. The van der Waals surface area contributed by atoms with Gasteiger partial charge in [0.15, 0.2) is 5.17 Å². The third-order valence-corrected chi connectivity index (χ3v) is 4.31. The summed E-state index contributed by atoms with van der Waals surface area (Å²) < 4.78 is 0. The van der Waals surface area contributed by atoms with Gasteiger partial charge in [0, 0.05) is 30.9 Å². The summed E-state index contributed by atoms with van der Waals surface area (Å²) >= 11 is 1.41. The third kappa shape index (κ3) is 2.57. The van der Waals surface area contributed by atoms with Crippen molar-refractivity contribution in [3.63, 3.8) is 0 Å². The van der Waals surface area contributed by atoms with Crippen LogP contribution in [0.3, 0.4) is 0 Å². The smallest absolute Gasteiger partial charge is 0.283 e. The van der Waals surface area contributed by atoms with Gasteiger partial charge >= 0.3 is 0 Å². The van der Waals surface area contributed by atoms with Gasteiger partial charge in [0.1, 0.15) is 5.84 Å². The summed E-state index contributed by atoms with van der Waals surface area (Å²) in [4.78, 5) is 20.9. The SMILES string of the molecule is CC1=CN2C(=N)C(=Cc3ccc(N(C)C)cc3)C(=O)N=C2S1. The van der Waals surface area contributed by atoms with Crippen molar-refractivity contribution in [2.45, 2.75) is 6.92 Å². The fraction of sp³-hybridized carbons (Fsp3) is 0.188. The van der Waals surface area contributed by atoms with Crippen LogP contribution >= 0.6 is 11.8 Å². The molecule has 112 valence electrons. The molecule has 0 spiro atoms. The Morgan fingerprint density at radius 2 is 1.95 bits per heavy atom. The normalized spacial score (nSPS) is 19.2. The zero-order valence-electron chi connectivity index (χ0n) is 12.6. The van der Waals surface area contributed by atoms with Gasteiger partial charge in [-0.2, -0.15) is 4.99 Å². The number of amidine groups is 2. The van der Waals surface area contributed by atoms with Crippen LogP contribution in [0.15, 0.2) is 45.9 Å². The topological polar surface area (TPSA) is 59.8 Å². The van der Waals surface area contributed by atoms with Gasteiger partial charge in [-0.15, -0.1) is 0 Å². The van der Waals surface area contributed by atoms with Crippen LogP contribution in [0.5, 0.6) is 0 Å². The number of amides is 1. The maximum absolute atomic E-state index is 12.2. The molecule has 0 bridgehead atoms.